The highest BCUT2D eigenvalue weighted by molar-refractivity contribution is 5.97. The van der Waals surface area contributed by atoms with Crippen molar-refractivity contribution in [2.75, 3.05) is 0 Å². The normalized spacial score (nSPS) is 26.8. The van der Waals surface area contributed by atoms with E-state index in [1.54, 1.807) is 0 Å². The molecule has 1 heterocycles. The van der Waals surface area contributed by atoms with Crippen LogP contribution < -0.4 is 0 Å². The number of piperidine rings is 1. The van der Waals surface area contributed by atoms with Gasteiger partial charge < -0.3 is 4.74 Å². The summed E-state index contributed by atoms with van der Waals surface area (Å²) in [5.41, 5.74) is 1.79. The molecule has 4 heteroatoms. The Kier molecular flexibility index (Phi) is 3.50. The van der Waals surface area contributed by atoms with Crippen molar-refractivity contribution in [3.05, 3.63) is 35.4 Å². The summed E-state index contributed by atoms with van der Waals surface area (Å²) in [6.45, 7) is 7.50. The van der Waals surface area contributed by atoms with Gasteiger partial charge in [0, 0.05) is 12.0 Å². The first kappa shape index (κ1) is 15.1. The standard InChI is InChI=1S/C18H23NO3/c1-11-5-7-12(8-6-11)9-14-13-10-15(13)19(16(14)20)17(21)22-18(2,3)4/h5-8,13-15H,9-10H2,1-4H3. The molecule has 2 fully saturated rings. The molecule has 0 spiro atoms. The van der Waals surface area contributed by atoms with Crippen LogP contribution in [0.2, 0.25) is 0 Å². The van der Waals surface area contributed by atoms with Crippen LogP contribution in [0.15, 0.2) is 24.3 Å². The lowest BCUT2D eigenvalue weighted by Crippen LogP contribution is -2.41. The summed E-state index contributed by atoms with van der Waals surface area (Å²) < 4.78 is 5.37. The molecule has 0 radical (unpaired) electrons. The number of benzene rings is 1. The van der Waals surface area contributed by atoms with E-state index in [0.29, 0.717) is 12.3 Å². The number of amides is 2. The average molecular weight is 301 g/mol. The summed E-state index contributed by atoms with van der Waals surface area (Å²) in [5, 5.41) is 0. The number of aryl methyl sites for hydroxylation is 1. The monoisotopic (exact) mass is 301 g/mol. The highest BCUT2D eigenvalue weighted by atomic mass is 16.6. The van der Waals surface area contributed by atoms with Gasteiger partial charge in [0.05, 0.1) is 0 Å². The third-order valence-corrected chi connectivity index (χ3v) is 4.37. The highest BCUT2D eigenvalue weighted by Crippen LogP contribution is 2.50. The summed E-state index contributed by atoms with van der Waals surface area (Å²) >= 11 is 0. The van der Waals surface area contributed by atoms with Gasteiger partial charge in [0.1, 0.15) is 5.60 Å². The van der Waals surface area contributed by atoms with Crippen LogP contribution in [-0.4, -0.2) is 28.5 Å². The molecule has 1 saturated carbocycles. The van der Waals surface area contributed by atoms with Gasteiger partial charge in [-0.1, -0.05) is 29.8 Å². The van der Waals surface area contributed by atoms with Crippen molar-refractivity contribution in [3.8, 4) is 0 Å². The van der Waals surface area contributed by atoms with Crippen molar-refractivity contribution in [2.45, 2.75) is 52.2 Å². The number of ether oxygens (including phenoxy) is 1. The van der Waals surface area contributed by atoms with E-state index >= 15 is 0 Å². The van der Waals surface area contributed by atoms with E-state index in [4.69, 9.17) is 4.74 Å². The molecule has 2 amide bonds. The van der Waals surface area contributed by atoms with Gasteiger partial charge in [0.2, 0.25) is 5.91 Å². The number of nitrogens with zero attached hydrogens (tertiary/aromatic N) is 1. The maximum atomic E-state index is 12.6. The smallest absolute Gasteiger partial charge is 0.417 e. The third-order valence-electron chi connectivity index (χ3n) is 4.37. The summed E-state index contributed by atoms with van der Waals surface area (Å²) in [7, 11) is 0. The summed E-state index contributed by atoms with van der Waals surface area (Å²) in [4.78, 5) is 26.2. The first-order valence-electron chi connectivity index (χ1n) is 7.88. The van der Waals surface area contributed by atoms with E-state index in [0.717, 1.165) is 12.0 Å². The highest BCUT2D eigenvalue weighted by Gasteiger charge is 2.60. The maximum Gasteiger partial charge on any atom is 0.417 e. The third kappa shape index (κ3) is 2.87. The van der Waals surface area contributed by atoms with Crippen LogP contribution in [0, 0.1) is 18.8 Å². The maximum absolute atomic E-state index is 12.6. The van der Waals surface area contributed by atoms with Crippen molar-refractivity contribution in [3.63, 3.8) is 0 Å². The van der Waals surface area contributed by atoms with E-state index in [1.807, 2.05) is 27.7 Å². The van der Waals surface area contributed by atoms with Crippen molar-refractivity contribution in [1.29, 1.82) is 0 Å². The first-order valence-corrected chi connectivity index (χ1v) is 7.88. The minimum absolute atomic E-state index is 0.0535. The zero-order valence-corrected chi connectivity index (χ0v) is 13.6. The number of hydrogen-bond acceptors (Lipinski definition) is 3. The molecule has 2 aliphatic rings. The Balaban J connectivity index is 1.70. The van der Waals surface area contributed by atoms with E-state index in [9.17, 15) is 9.59 Å². The van der Waals surface area contributed by atoms with Crippen LogP contribution in [0.25, 0.3) is 0 Å². The number of hydrogen-bond donors (Lipinski definition) is 0. The van der Waals surface area contributed by atoms with Gasteiger partial charge in [0.15, 0.2) is 0 Å². The molecule has 1 saturated heterocycles. The molecular formula is C18H23NO3. The van der Waals surface area contributed by atoms with Gasteiger partial charge in [0.25, 0.3) is 0 Å². The van der Waals surface area contributed by atoms with Gasteiger partial charge in [-0.3, -0.25) is 4.79 Å². The summed E-state index contributed by atoms with van der Waals surface area (Å²) in [6.07, 6.45) is 1.14. The Hall–Kier alpha value is -1.84. The zero-order valence-electron chi connectivity index (χ0n) is 13.6. The Bertz CT molecular complexity index is 600. The fourth-order valence-corrected chi connectivity index (χ4v) is 3.21. The van der Waals surface area contributed by atoms with Crippen molar-refractivity contribution < 1.29 is 14.3 Å². The lowest BCUT2D eigenvalue weighted by atomic mass is 9.95. The Labute approximate surface area is 131 Å². The number of rotatable bonds is 2. The number of carbonyl (C=O) groups excluding carboxylic acids is 2. The van der Waals surface area contributed by atoms with Gasteiger partial charge in [-0.25, -0.2) is 9.69 Å². The largest absolute Gasteiger partial charge is 0.443 e. The number of likely N-dealkylation sites (tertiary alicyclic amines) is 1. The van der Waals surface area contributed by atoms with Crippen LogP contribution in [0.3, 0.4) is 0 Å². The number of carbonyl (C=O) groups is 2. The van der Waals surface area contributed by atoms with Crippen LogP contribution in [0.4, 0.5) is 4.79 Å². The second-order valence-corrected chi connectivity index (χ2v) is 7.45. The number of imide groups is 1. The molecule has 3 rings (SSSR count). The van der Waals surface area contributed by atoms with Gasteiger partial charge >= 0.3 is 6.09 Å². The Morgan fingerprint density at radius 2 is 1.91 bits per heavy atom. The molecule has 3 atom stereocenters. The molecule has 0 N–H and O–H groups in total. The predicted molar refractivity (Wildman–Crippen MR) is 83.3 cm³/mol. The second kappa shape index (κ2) is 5.11. The molecule has 1 aromatic carbocycles. The lowest BCUT2D eigenvalue weighted by molar-refractivity contribution is -0.132. The van der Waals surface area contributed by atoms with Crippen LogP contribution in [-0.2, 0) is 16.0 Å². The molecule has 22 heavy (non-hydrogen) atoms. The molecule has 0 aromatic heterocycles. The van der Waals surface area contributed by atoms with Crippen LogP contribution >= 0.6 is 0 Å². The topological polar surface area (TPSA) is 46.6 Å². The minimum atomic E-state index is -0.573. The fourth-order valence-electron chi connectivity index (χ4n) is 3.21. The van der Waals surface area contributed by atoms with Crippen molar-refractivity contribution in [2.24, 2.45) is 11.8 Å². The first-order chi connectivity index (χ1) is 10.3. The molecule has 1 aliphatic heterocycles. The van der Waals surface area contributed by atoms with E-state index in [-0.39, 0.29) is 17.9 Å². The van der Waals surface area contributed by atoms with Crippen molar-refractivity contribution in [1.82, 2.24) is 4.90 Å². The SMILES string of the molecule is Cc1ccc(CC2C(=O)N(C(=O)OC(C)(C)C)C3CC23)cc1. The summed E-state index contributed by atoms with van der Waals surface area (Å²) in [6, 6.07) is 8.31. The predicted octanol–water partition coefficient (Wildman–Crippen LogP) is 3.32. The fraction of sp³-hybridized carbons (Fsp3) is 0.556. The van der Waals surface area contributed by atoms with E-state index in [1.165, 1.54) is 10.5 Å². The zero-order chi connectivity index (χ0) is 16.1. The molecular weight excluding hydrogens is 278 g/mol. The molecule has 1 aromatic rings. The van der Waals surface area contributed by atoms with E-state index < -0.39 is 11.7 Å². The lowest BCUT2D eigenvalue weighted by Gasteiger charge is -2.25. The van der Waals surface area contributed by atoms with Gasteiger partial charge in [-0.15, -0.1) is 0 Å². The molecule has 0 bridgehead atoms. The van der Waals surface area contributed by atoms with Gasteiger partial charge in [-0.05, 0) is 52.0 Å². The molecule has 4 nitrogen and oxygen atoms in total. The second-order valence-electron chi connectivity index (χ2n) is 7.45. The molecule has 1 aliphatic carbocycles. The molecule has 118 valence electrons. The Morgan fingerprint density at radius 3 is 2.50 bits per heavy atom. The van der Waals surface area contributed by atoms with Crippen LogP contribution in [0.5, 0.6) is 0 Å². The summed E-state index contributed by atoms with van der Waals surface area (Å²) in [5.74, 6) is 0.151. The van der Waals surface area contributed by atoms with E-state index in [2.05, 4.69) is 24.3 Å². The van der Waals surface area contributed by atoms with Crippen molar-refractivity contribution >= 4 is 12.0 Å². The minimum Gasteiger partial charge on any atom is -0.443 e. The number of fused-ring (bicyclic) bond motifs is 1. The Morgan fingerprint density at radius 1 is 1.27 bits per heavy atom. The average Bonchev–Trinajstić information content (AvgIpc) is 3.10. The molecule has 3 unspecified atom stereocenters. The van der Waals surface area contributed by atoms with Crippen LogP contribution in [0.1, 0.15) is 38.3 Å². The quantitative estimate of drug-likeness (QED) is 0.842. The van der Waals surface area contributed by atoms with Gasteiger partial charge in [-0.2, -0.15) is 0 Å².